The summed E-state index contributed by atoms with van der Waals surface area (Å²) in [5, 5.41) is 15.1. The molecule has 67 heavy (non-hydrogen) atoms. The van der Waals surface area contributed by atoms with Gasteiger partial charge in [-0.25, -0.2) is 9.97 Å². The van der Waals surface area contributed by atoms with E-state index in [1.165, 1.54) is 59.7 Å². The first kappa shape index (κ1) is 54.4. The number of aromatic nitrogens is 4. The summed E-state index contributed by atoms with van der Waals surface area (Å²) in [4.78, 5) is 58.2. The van der Waals surface area contributed by atoms with Gasteiger partial charge in [-0.2, -0.15) is 0 Å². The molecule has 1 unspecified atom stereocenters. The molecule has 0 radical (unpaired) electrons. The minimum Gasteiger partial charge on any atom is -0.483 e. The minimum absolute atomic E-state index is 0.0268. The third-order valence-corrected chi connectivity index (χ3v) is 12.9. The number of likely N-dealkylation sites (tertiary alicyclic amines) is 2. The topological polar surface area (TPSA) is 204 Å². The van der Waals surface area contributed by atoms with Gasteiger partial charge in [0.15, 0.2) is 0 Å². The van der Waals surface area contributed by atoms with Crippen LogP contribution < -0.4 is 10.6 Å². The number of fused-ring (bicyclic) bond motifs is 1. The maximum atomic E-state index is 10.5. The van der Waals surface area contributed by atoms with Gasteiger partial charge in [0.05, 0.1) is 48.5 Å². The van der Waals surface area contributed by atoms with Gasteiger partial charge in [0, 0.05) is 58.2 Å². The molecule has 2 aromatic carbocycles. The third-order valence-electron chi connectivity index (χ3n) is 12.9. The number of ether oxygens (including phenoxy) is 3. The lowest BCUT2D eigenvalue weighted by Gasteiger charge is -2.34. The molecule has 6 heterocycles. The first-order valence-corrected chi connectivity index (χ1v) is 23.4. The van der Waals surface area contributed by atoms with E-state index >= 15 is 0 Å². The fourth-order valence-electron chi connectivity index (χ4n) is 9.40. The number of carboxylic acid groups (broad SMARTS) is 1. The summed E-state index contributed by atoms with van der Waals surface area (Å²) in [6, 6.07) is 15.2. The van der Waals surface area contributed by atoms with Crippen LogP contribution in [0.4, 0.5) is 0 Å². The van der Waals surface area contributed by atoms with E-state index in [2.05, 4.69) is 96.8 Å². The number of likely N-dealkylation sites (N-methyl/N-ethyl adjacent to an activating group) is 2. The molecule has 4 aliphatic heterocycles. The summed E-state index contributed by atoms with van der Waals surface area (Å²) in [5.41, 5.74) is 6.04. The molecule has 1 aliphatic carbocycles. The van der Waals surface area contributed by atoms with Gasteiger partial charge in [-0.1, -0.05) is 48.6 Å². The maximum absolute atomic E-state index is 10.5. The van der Waals surface area contributed by atoms with Crippen LogP contribution in [-0.4, -0.2) is 154 Å². The van der Waals surface area contributed by atoms with Gasteiger partial charge in [0.25, 0.3) is 6.47 Å². The highest BCUT2D eigenvalue weighted by molar-refractivity contribution is 5.87. The first-order chi connectivity index (χ1) is 32.8. The zero-order valence-corrected chi connectivity index (χ0v) is 40.2. The van der Waals surface area contributed by atoms with E-state index in [1.807, 2.05) is 26.2 Å². The number of nitrogens with one attached hydrogen (secondary N) is 4. The van der Waals surface area contributed by atoms with Crippen LogP contribution in [0.3, 0.4) is 0 Å². The average Bonchev–Trinajstić information content (AvgIpc) is 4.23. The molecule has 16 nitrogen and oxygen atoms in total. The van der Waals surface area contributed by atoms with Gasteiger partial charge in [-0.15, -0.1) is 0 Å². The molecule has 366 valence electrons. The van der Waals surface area contributed by atoms with E-state index in [0.717, 1.165) is 101 Å². The quantitative estimate of drug-likeness (QED) is 0.101. The highest BCUT2D eigenvalue weighted by atomic mass is 16.5. The van der Waals surface area contributed by atoms with Gasteiger partial charge >= 0.3 is 0 Å². The van der Waals surface area contributed by atoms with Crippen molar-refractivity contribution in [1.29, 1.82) is 0 Å². The number of benzene rings is 2. The largest absolute Gasteiger partial charge is 0.483 e. The van der Waals surface area contributed by atoms with Crippen molar-refractivity contribution in [3.05, 3.63) is 89.9 Å². The molecule has 5 N–H and O–H groups in total. The number of imidazole rings is 2. The maximum Gasteiger partial charge on any atom is 0.290 e. The van der Waals surface area contributed by atoms with E-state index in [1.54, 1.807) is 21.3 Å². The van der Waals surface area contributed by atoms with E-state index in [0.29, 0.717) is 36.5 Å². The second-order valence-corrected chi connectivity index (χ2v) is 17.1. The third kappa shape index (κ3) is 16.0. The Balaban J connectivity index is 0.000000339. The highest BCUT2D eigenvalue weighted by Gasteiger charge is 2.34. The summed E-state index contributed by atoms with van der Waals surface area (Å²) >= 11 is 0. The predicted octanol–water partition coefficient (Wildman–Crippen LogP) is 6.55. The van der Waals surface area contributed by atoms with Crippen molar-refractivity contribution in [2.24, 2.45) is 5.92 Å². The summed E-state index contributed by atoms with van der Waals surface area (Å²) in [5.74, 6) is 3.07. The number of methoxy groups -OCH3 is 1. The van der Waals surface area contributed by atoms with Crippen molar-refractivity contribution in [2.75, 3.05) is 81.4 Å². The molecule has 0 bridgehead atoms. The molecule has 9 rings (SSSR count). The monoisotopic (exact) mass is 927 g/mol. The Hall–Kier alpha value is -5.20. The van der Waals surface area contributed by atoms with E-state index < -0.39 is 0 Å². The average molecular weight is 927 g/mol. The van der Waals surface area contributed by atoms with Gasteiger partial charge in [-0.3, -0.25) is 14.6 Å². The molecule has 2 aromatic heterocycles. The lowest BCUT2D eigenvalue weighted by molar-refractivity contribution is -0.123. The molecule has 0 saturated carbocycles. The number of carbonyl (C=O) groups is 4. The standard InChI is InChI=1S/C36H42N6O.C8H15NO2.C3H7NO.C2H6O.CH2O2.CH2O/c1-41-16-2-4-33(41)35-37-23-32(40-35)29-13-12-27-20-26(10-11-28(27)21-29)24-6-8-25(9-7-24)31-22-38-36(39-31)34-5-3-17-42(34)30-14-18-43-19-15-30;1-9-8(6-10)7-2-4-11-5-3-7;1-4-2-3-5;1-3-2;2-1-3;1-2/h6,8-13,20-24,30,33-34H,2-5,7,14-19H2,1H3,(H,37,40)(H,38,39);6-9H,2-5H2,1H3;3-4H,2H2,1H3;1-2H3;1H,(H,2,3);1H2/t24?,33-,34-;8-;;;;/m01..../s1. The number of hydrogen-bond donors (Lipinski definition) is 5. The lowest BCUT2D eigenvalue weighted by Crippen LogP contribution is -2.39. The number of nitrogens with zero attached hydrogens (tertiary/aromatic N) is 4. The number of rotatable bonds is 11. The van der Waals surface area contributed by atoms with Gasteiger partial charge in [0.2, 0.25) is 0 Å². The number of aldehydes is 2. The number of hydrogen-bond acceptors (Lipinski definition) is 13. The Labute approximate surface area is 396 Å². The molecule has 0 amide bonds. The van der Waals surface area contributed by atoms with Gasteiger partial charge in [0.1, 0.15) is 31.0 Å². The number of carbonyl (C=O) groups excluding carboxylic acids is 3. The Morgan fingerprint density at radius 2 is 1.45 bits per heavy atom. The molecule has 4 fully saturated rings. The van der Waals surface area contributed by atoms with E-state index in [4.69, 9.17) is 34.1 Å². The van der Waals surface area contributed by atoms with Crippen LogP contribution in [0.1, 0.15) is 98.7 Å². The van der Waals surface area contributed by atoms with Gasteiger partial charge in [-0.05, 0) is 126 Å². The highest BCUT2D eigenvalue weighted by Crippen LogP contribution is 2.37. The SMILES string of the molecule is C=O.CN1CCC[C@H]1c1ncc(-c2ccc3cc(C4C=CC(c5cnc([C@@H]6CCCN6C6CCOCC6)[nH]5)=CC4)ccc3c2)[nH]1.CNCC=O.CN[C@H](C=O)C1CCOCC1.COC.O=CO. The second kappa shape index (κ2) is 30.2. The Morgan fingerprint density at radius 3 is 2.03 bits per heavy atom. The first-order valence-electron chi connectivity index (χ1n) is 23.4. The van der Waals surface area contributed by atoms with Crippen LogP contribution in [0.25, 0.3) is 27.6 Å². The Bertz CT molecular complexity index is 2110. The minimum atomic E-state index is -0.250. The Kier molecular flexibility index (Phi) is 24.6. The van der Waals surface area contributed by atoms with Gasteiger partial charge < -0.3 is 54.3 Å². The van der Waals surface area contributed by atoms with Crippen LogP contribution in [0.5, 0.6) is 0 Å². The second-order valence-electron chi connectivity index (χ2n) is 17.1. The molecule has 4 atom stereocenters. The van der Waals surface area contributed by atoms with Crippen LogP contribution in [-0.2, 0) is 33.4 Å². The van der Waals surface area contributed by atoms with Crippen molar-refractivity contribution >= 4 is 42.2 Å². The Morgan fingerprint density at radius 1 is 0.851 bits per heavy atom. The number of allylic oxidation sites excluding steroid dienone is 4. The number of aromatic amines is 2. The smallest absolute Gasteiger partial charge is 0.290 e. The summed E-state index contributed by atoms with van der Waals surface area (Å²) in [6.45, 7) is 7.91. The number of H-pyrrole nitrogens is 2. The van der Waals surface area contributed by atoms with E-state index in [9.17, 15) is 9.59 Å². The molecular weight excluding hydrogens is 853 g/mol. The predicted molar refractivity (Wildman–Crippen MR) is 263 cm³/mol. The van der Waals surface area contributed by atoms with Crippen molar-refractivity contribution in [1.82, 2.24) is 40.4 Å². The van der Waals surface area contributed by atoms with Crippen LogP contribution in [0.15, 0.2) is 67.0 Å². The summed E-state index contributed by atoms with van der Waals surface area (Å²) in [6.07, 6.45) is 23.0. The molecule has 0 spiro atoms. The fraction of sp³-hybridized carbons (Fsp3) is 0.529. The molecule has 4 aromatic rings. The lowest BCUT2D eigenvalue weighted by atomic mass is 9.88. The van der Waals surface area contributed by atoms with Crippen molar-refractivity contribution in [3.8, 4) is 11.3 Å². The fourth-order valence-corrected chi connectivity index (χ4v) is 9.40. The molecule has 4 saturated heterocycles. The normalized spacial score (nSPS) is 21.3. The molecule has 16 heteroatoms. The van der Waals surface area contributed by atoms with Crippen LogP contribution in [0, 0.1) is 5.92 Å². The van der Waals surface area contributed by atoms with Crippen molar-refractivity contribution in [2.45, 2.75) is 87.9 Å². The van der Waals surface area contributed by atoms with Crippen molar-refractivity contribution in [3.63, 3.8) is 0 Å². The van der Waals surface area contributed by atoms with E-state index in [-0.39, 0.29) is 12.5 Å². The summed E-state index contributed by atoms with van der Waals surface area (Å²) < 4.78 is 15.1. The zero-order valence-electron chi connectivity index (χ0n) is 40.2. The molecule has 5 aliphatic rings. The zero-order chi connectivity index (χ0) is 48.4. The molecular formula is C51H74N8O8. The summed E-state index contributed by atoms with van der Waals surface area (Å²) in [7, 11) is 9.00. The van der Waals surface area contributed by atoms with Crippen molar-refractivity contribution < 1.29 is 38.5 Å². The van der Waals surface area contributed by atoms with Crippen LogP contribution in [0.2, 0.25) is 0 Å². The van der Waals surface area contributed by atoms with Crippen LogP contribution >= 0.6 is 0 Å².